The number of nitrogens with one attached hydrogen (secondary N) is 1. The molecule has 0 spiro atoms. The number of rotatable bonds is 1. The second kappa shape index (κ2) is 5.04. The lowest BCUT2D eigenvalue weighted by Gasteiger charge is -2.25. The van der Waals surface area contributed by atoms with Crippen molar-refractivity contribution < 1.29 is 19.3 Å². The second-order valence-electron chi connectivity index (χ2n) is 4.47. The van der Waals surface area contributed by atoms with Crippen molar-refractivity contribution in [2.75, 3.05) is 32.9 Å². The van der Waals surface area contributed by atoms with Crippen molar-refractivity contribution >= 4 is 0 Å². The van der Waals surface area contributed by atoms with E-state index in [1.807, 2.05) is 6.07 Å². The Bertz CT molecular complexity index is 429. The second-order valence-corrected chi connectivity index (χ2v) is 4.47. The van der Waals surface area contributed by atoms with Crippen LogP contribution in [0.3, 0.4) is 0 Å². The third kappa shape index (κ3) is 2.23. The predicted molar refractivity (Wildman–Crippen MR) is 65.3 cm³/mol. The predicted octanol–water partition coefficient (Wildman–Crippen LogP) is 1.21. The van der Waals surface area contributed by atoms with Gasteiger partial charge in [0, 0.05) is 31.1 Å². The minimum Gasteiger partial charge on any atom is -0.507 e. The Morgan fingerprint density at radius 3 is 2.61 bits per heavy atom. The number of fused-ring (bicyclic) bond motifs is 1. The molecule has 2 heterocycles. The Morgan fingerprint density at radius 1 is 1.11 bits per heavy atom. The van der Waals surface area contributed by atoms with Crippen LogP contribution in [0.5, 0.6) is 17.2 Å². The van der Waals surface area contributed by atoms with Gasteiger partial charge in [0.25, 0.3) is 0 Å². The smallest absolute Gasteiger partial charge is 0.164 e. The van der Waals surface area contributed by atoms with E-state index in [4.69, 9.17) is 14.2 Å². The zero-order chi connectivity index (χ0) is 12.4. The summed E-state index contributed by atoms with van der Waals surface area (Å²) in [6, 6.07) is 3.45. The molecule has 1 aromatic rings. The van der Waals surface area contributed by atoms with E-state index in [1.165, 1.54) is 0 Å². The molecule has 1 atom stereocenters. The van der Waals surface area contributed by atoms with Crippen LogP contribution in [0.15, 0.2) is 12.1 Å². The lowest BCUT2D eigenvalue weighted by Crippen LogP contribution is -2.33. The summed E-state index contributed by atoms with van der Waals surface area (Å²) in [7, 11) is 0. The van der Waals surface area contributed by atoms with Gasteiger partial charge in [0.2, 0.25) is 0 Å². The fourth-order valence-electron chi connectivity index (χ4n) is 2.24. The van der Waals surface area contributed by atoms with Crippen molar-refractivity contribution in [2.24, 2.45) is 0 Å². The molecule has 1 aromatic carbocycles. The molecule has 98 valence electrons. The van der Waals surface area contributed by atoms with Gasteiger partial charge >= 0.3 is 0 Å². The highest BCUT2D eigenvalue weighted by molar-refractivity contribution is 5.51. The van der Waals surface area contributed by atoms with Crippen LogP contribution in [0.25, 0.3) is 0 Å². The van der Waals surface area contributed by atoms with Crippen LogP contribution < -0.4 is 14.8 Å². The summed E-state index contributed by atoms with van der Waals surface area (Å²) >= 11 is 0. The normalized spacial score (nSPS) is 23.4. The monoisotopic (exact) mass is 251 g/mol. The highest BCUT2D eigenvalue weighted by Crippen LogP contribution is 2.39. The molecule has 1 unspecified atom stereocenters. The Morgan fingerprint density at radius 2 is 1.89 bits per heavy atom. The van der Waals surface area contributed by atoms with Crippen LogP contribution in [0.4, 0.5) is 0 Å². The average Bonchev–Trinajstić information content (AvgIpc) is 2.63. The van der Waals surface area contributed by atoms with Crippen molar-refractivity contribution in [3.8, 4) is 17.2 Å². The Kier molecular flexibility index (Phi) is 3.25. The van der Waals surface area contributed by atoms with Gasteiger partial charge in [-0.15, -0.1) is 0 Å². The summed E-state index contributed by atoms with van der Waals surface area (Å²) in [6.07, 6.45) is 0.725. The SMILES string of the molecule is Oc1cc2c(cc1C1CNCCO1)OCCCO2. The maximum Gasteiger partial charge on any atom is 0.164 e. The number of ether oxygens (including phenoxy) is 3. The molecule has 0 aromatic heterocycles. The Balaban J connectivity index is 1.92. The fourth-order valence-corrected chi connectivity index (χ4v) is 2.24. The van der Waals surface area contributed by atoms with E-state index in [2.05, 4.69) is 5.32 Å². The van der Waals surface area contributed by atoms with Crippen molar-refractivity contribution in [1.82, 2.24) is 5.32 Å². The molecule has 5 heteroatoms. The number of phenols is 1. The van der Waals surface area contributed by atoms with E-state index < -0.39 is 0 Å². The van der Waals surface area contributed by atoms with Gasteiger partial charge in [0.05, 0.1) is 25.9 Å². The van der Waals surface area contributed by atoms with Gasteiger partial charge in [-0.2, -0.15) is 0 Å². The molecule has 0 saturated carbocycles. The van der Waals surface area contributed by atoms with Crippen LogP contribution in [-0.2, 0) is 4.74 Å². The van der Waals surface area contributed by atoms with Crippen LogP contribution in [0.2, 0.25) is 0 Å². The zero-order valence-corrected chi connectivity index (χ0v) is 10.1. The van der Waals surface area contributed by atoms with Crippen LogP contribution in [0.1, 0.15) is 18.1 Å². The topological polar surface area (TPSA) is 60.0 Å². The molecule has 1 fully saturated rings. The number of morpholine rings is 1. The molecular weight excluding hydrogens is 234 g/mol. The molecule has 5 nitrogen and oxygen atoms in total. The van der Waals surface area contributed by atoms with E-state index in [1.54, 1.807) is 6.07 Å². The first-order chi connectivity index (χ1) is 8.84. The number of aromatic hydroxyl groups is 1. The van der Waals surface area contributed by atoms with Gasteiger partial charge in [-0.25, -0.2) is 0 Å². The zero-order valence-electron chi connectivity index (χ0n) is 10.1. The molecule has 1 saturated heterocycles. The Labute approximate surface area is 106 Å². The van der Waals surface area contributed by atoms with Gasteiger partial charge in [0.1, 0.15) is 5.75 Å². The van der Waals surface area contributed by atoms with Gasteiger partial charge in [0.15, 0.2) is 11.5 Å². The molecule has 2 N–H and O–H groups in total. The largest absolute Gasteiger partial charge is 0.507 e. The summed E-state index contributed by atoms with van der Waals surface area (Å²) in [5.41, 5.74) is 0.756. The van der Waals surface area contributed by atoms with E-state index >= 15 is 0 Å². The minimum absolute atomic E-state index is 0.129. The van der Waals surface area contributed by atoms with E-state index in [9.17, 15) is 5.11 Å². The highest BCUT2D eigenvalue weighted by atomic mass is 16.5. The fraction of sp³-hybridized carbons (Fsp3) is 0.538. The third-order valence-electron chi connectivity index (χ3n) is 3.17. The Hall–Kier alpha value is -1.46. The molecule has 0 amide bonds. The standard InChI is InChI=1S/C13H17NO4/c15-10-7-12-11(16-3-1-4-17-12)6-9(10)13-8-14-2-5-18-13/h6-7,13-15H,1-5,8H2. The van der Waals surface area contributed by atoms with Crippen molar-refractivity contribution in [2.45, 2.75) is 12.5 Å². The number of hydrogen-bond donors (Lipinski definition) is 2. The lowest BCUT2D eigenvalue weighted by atomic mass is 10.1. The van der Waals surface area contributed by atoms with Gasteiger partial charge in [-0.05, 0) is 6.07 Å². The molecule has 0 bridgehead atoms. The van der Waals surface area contributed by atoms with Crippen LogP contribution in [0, 0.1) is 0 Å². The van der Waals surface area contributed by atoms with E-state index in [0.29, 0.717) is 37.9 Å². The number of phenolic OH excluding ortho intramolecular Hbond substituents is 1. The molecule has 2 aliphatic rings. The first-order valence-corrected chi connectivity index (χ1v) is 6.29. The van der Waals surface area contributed by atoms with Crippen LogP contribution >= 0.6 is 0 Å². The van der Waals surface area contributed by atoms with Crippen LogP contribution in [-0.4, -0.2) is 38.0 Å². The average molecular weight is 251 g/mol. The van der Waals surface area contributed by atoms with E-state index in [0.717, 1.165) is 18.5 Å². The van der Waals surface area contributed by atoms with Gasteiger partial charge in [-0.1, -0.05) is 0 Å². The lowest BCUT2D eigenvalue weighted by molar-refractivity contribution is 0.0261. The summed E-state index contributed by atoms with van der Waals surface area (Å²) in [5, 5.41) is 13.3. The number of hydrogen-bond acceptors (Lipinski definition) is 5. The van der Waals surface area contributed by atoms with E-state index in [-0.39, 0.29) is 11.9 Å². The maximum absolute atomic E-state index is 10.1. The van der Waals surface area contributed by atoms with Gasteiger partial charge in [-0.3, -0.25) is 0 Å². The molecule has 0 aliphatic carbocycles. The summed E-state index contributed by atoms with van der Waals surface area (Å²) in [5.74, 6) is 1.50. The highest BCUT2D eigenvalue weighted by Gasteiger charge is 2.22. The first-order valence-electron chi connectivity index (χ1n) is 6.29. The molecular formula is C13H17NO4. The third-order valence-corrected chi connectivity index (χ3v) is 3.17. The number of benzene rings is 1. The molecule has 3 rings (SSSR count). The van der Waals surface area contributed by atoms with Crippen molar-refractivity contribution in [3.63, 3.8) is 0 Å². The maximum atomic E-state index is 10.1. The summed E-state index contributed by atoms with van der Waals surface area (Å²) < 4.78 is 16.8. The quantitative estimate of drug-likeness (QED) is 0.785. The van der Waals surface area contributed by atoms with Gasteiger partial charge < -0.3 is 24.6 Å². The van der Waals surface area contributed by atoms with Crippen molar-refractivity contribution in [3.05, 3.63) is 17.7 Å². The summed E-state index contributed by atoms with van der Waals surface area (Å²) in [6.45, 7) is 3.46. The minimum atomic E-state index is -0.129. The van der Waals surface area contributed by atoms with Crippen molar-refractivity contribution in [1.29, 1.82) is 0 Å². The first kappa shape index (κ1) is 11.6. The molecule has 18 heavy (non-hydrogen) atoms. The summed E-state index contributed by atoms with van der Waals surface area (Å²) in [4.78, 5) is 0. The molecule has 0 radical (unpaired) electrons. The molecule has 2 aliphatic heterocycles.